The minimum atomic E-state index is -4.16. The molecule has 108 valence electrons. The minimum absolute atomic E-state index is 0.186. The fraction of sp³-hybridized carbons (Fsp3) is 0.0769. The molecular weight excluding hydrogens is 300 g/mol. The SMILES string of the molecule is Cc1ccccc1.O=[SH](=O)OS(=O)(=O)c1ccccc1. The highest BCUT2D eigenvalue weighted by Crippen LogP contribution is 2.10. The van der Waals surface area contributed by atoms with Crippen LogP contribution in [0, 0.1) is 6.92 Å². The van der Waals surface area contributed by atoms with Gasteiger partial charge in [0.05, 0.1) is 4.90 Å². The molecule has 0 fully saturated rings. The monoisotopic (exact) mass is 314 g/mol. The highest BCUT2D eigenvalue weighted by molar-refractivity contribution is 7.93. The molecule has 0 heterocycles. The molecule has 2 rings (SSSR count). The number of aryl methyl sites for hydroxylation is 1. The van der Waals surface area contributed by atoms with Gasteiger partial charge in [-0.3, -0.25) is 0 Å². The first-order valence-electron chi connectivity index (χ1n) is 5.57. The summed E-state index contributed by atoms with van der Waals surface area (Å²) in [5, 5.41) is 0. The fourth-order valence-corrected chi connectivity index (χ4v) is 2.72. The summed E-state index contributed by atoms with van der Waals surface area (Å²) < 4.78 is 45.9. The van der Waals surface area contributed by atoms with Gasteiger partial charge in [0.15, 0.2) is 0 Å². The molecule has 0 saturated heterocycles. The maximum Gasteiger partial charge on any atom is 0.311 e. The lowest BCUT2D eigenvalue weighted by molar-refractivity contribution is 0.477. The Bertz CT molecular complexity index is 684. The Kier molecular flexibility index (Phi) is 6.37. The van der Waals surface area contributed by atoms with Crippen molar-refractivity contribution in [1.82, 2.24) is 0 Å². The van der Waals surface area contributed by atoms with Crippen molar-refractivity contribution in [2.24, 2.45) is 0 Å². The highest BCUT2D eigenvalue weighted by Gasteiger charge is 2.15. The van der Waals surface area contributed by atoms with E-state index >= 15 is 0 Å². The maximum atomic E-state index is 11.0. The molecule has 0 radical (unpaired) electrons. The standard InChI is InChI=1S/C7H8.C6H6O5S2/c1-7-5-3-2-4-6-7;7-12(8)11-13(9,10)6-4-2-1-3-5-6/h2-6H,1H3;1-5,12H. The van der Waals surface area contributed by atoms with Crippen LogP contribution in [-0.4, -0.2) is 16.8 Å². The normalized spacial score (nSPS) is 10.7. The van der Waals surface area contributed by atoms with Crippen molar-refractivity contribution < 1.29 is 20.5 Å². The van der Waals surface area contributed by atoms with Gasteiger partial charge in [-0.15, -0.1) is 3.63 Å². The smallest absolute Gasteiger partial charge is 0.201 e. The Morgan fingerprint density at radius 1 is 0.850 bits per heavy atom. The Labute approximate surface area is 120 Å². The van der Waals surface area contributed by atoms with Crippen LogP contribution in [0.15, 0.2) is 65.6 Å². The Hall–Kier alpha value is -1.70. The molecule has 20 heavy (non-hydrogen) atoms. The Morgan fingerprint density at radius 2 is 1.30 bits per heavy atom. The summed E-state index contributed by atoms with van der Waals surface area (Å²) in [6.45, 7) is 2.08. The van der Waals surface area contributed by atoms with Crippen LogP contribution in [0.5, 0.6) is 0 Å². The number of hydrogen-bond donors (Lipinski definition) is 1. The van der Waals surface area contributed by atoms with Gasteiger partial charge in [-0.25, -0.2) is 8.42 Å². The average molecular weight is 314 g/mol. The summed E-state index contributed by atoms with van der Waals surface area (Å²) in [5.41, 5.74) is 1.32. The molecule has 0 aliphatic rings. The summed E-state index contributed by atoms with van der Waals surface area (Å²) >= 11 is 0. The first kappa shape index (κ1) is 16.4. The maximum absolute atomic E-state index is 11.0. The third kappa shape index (κ3) is 5.96. The van der Waals surface area contributed by atoms with Gasteiger partial charge in [0.25, 0.3) is 11.0 Å². The van der Waals surface area contributed by atoms with Gasteiger partial charge in [-0.05, 0) is 19.1 Å². The first-order valence-corrected chi connectivity index (χ1v) is 8.08. The van der Waals surface area contributed by atoms with Crippen molar-refractivity contribution in [3.8, 4) is 0 Å². The minimum Gasteiger partial charge on any atom is -0.201 e. The van der Waals surface area contributed by atoms with Crippen LogP contribution in [0.3, 0.4) is 0 Å². The van der Waals surface area contributed by atoms with Crippen molar-refractivity contribution in [2.75, 3.05) is 0 Å². The highest BCUT2D eigenvalue weighted by atomic mass is 32.3. The molecule has 0 aromatic heterocycles. The van der Waals surface area contributed by atoms with E-state index in [0.29, 0.717) is 0 Å². The van der Waals surface area contributed by atoms with Crippen molar-refractivity contribution in [3.05, 3.63) is 66.2 Å². The lowest BCUT2D eigenvalue weighted by Crippen LogP contribution is -2.04. The molecule has 0 N–H and O–H groups in total. The molecule has 5 nitrogen and oxygen atoms in total. The van der Waals surface area contributed by atoms with E-state index in [-0.39, 0.29) is 4.90 Å². The lowest BCUT2D eigenvalue weighted by Gasteiger charge is -1.97. The number of rotatable bonds is 3. The molecule has 2 aromatic carbocycles. The first-order chi connectivity index (χ1) is 9.42. The predicted octanol–water partition coefficient (Wildman–Crippen LogP) is 1.91. The summed E-state index contributed by atoms with van der Waals surface area (Å²) in [6.07, 6.45) is 0. The quantitative estimate of drug-likeness (QED) is 0.876. The fourth-order valence-electron chi connectivity index (χ4n) is 1.24. The Balaban J connectivity index is 0.000000240. The van der Waals surface area contributed by atoms with Crippen LogP contribution >= 0.6 is 0 Å². The third-order valence-electron chi connectivity index (χ3n) is 2.13. The van der Waals surface area contributed by atoms with Gasteiger partial charge in [-0.1, -0.05) is 54.1 Å². The van der Waals surface area contributed by atoms with Crippen LogP contribution in [0.25, 0.3) is 0 Å². The molecule has 0 aliphatic carbocycles. The van der Waals surface area contributed by atoms with E-state index in [9.17, 15) is 16.8 Å². The molecule has 0 unspecified atom stereocenters. The predicted molar refractivity (Wildman–Crippen MR) is 76.2 cm³/mol. The van der Waals surface area contributed by atoms with Crippen molar-refractivity contribution >= 4 is 21.1 Å². The molecule has 7 heteroatoms. The van der Waals surface area contributed by atoms with Crippen LogP contribution < -0.4 is 0 Å². The molecule has 0 aliphatic heterocycles. The zero-order chi connectivity index (χ0) is 15.0. The third-order valence-corrected chi connectivity index (χ3v) is 4.25. The molecule has 0 bridgehead atoms. The molecule has 0 atom stereocenters. The van der Waals surface area contributed by atoms with E-state index < -0.39 is 21.1 Å². The summed E-state index contributed by atoms with van der Waals surface area (Å²) in [7, 11) is -7.56. The van der Waals surface area contributed by atoms with E-state index in [2.05, 4.69) is 22.7 Å². The second kappa shape index (κ2) is 7.78. The van der Waals surface area contributed by atoms with E-state index in [4.69, 9.17) is 0 Å². The van der Waals surface area contributed by atoms with Gasteiger partial charge in [0.2, 0.25) is 0 Å². The second-order valence-electron chi connectivity index (χ2n) is 3.72. The molecular formula is C13H14O5S2. The molecule has 0 spiro atoms. The van der Waals surface area contributed by atoms with Gasteiger partial charge in [0, 0.05) is 0 Å². The van der Waals surface area contributed by atoms with Crippen LogP contribution in [0.2, 0.25) is 0 Å². The van der Waals surface area contributed by atoms with Crippen molar-refractivity contribution in [3.63, 3.8) is 0 Å². The van der Waals surface area contributed by atoms with E-state index in [1.807, 2.05) is 18.2 Å². The zero-order valence-electron chi connectivity index (χ0n) is 10.7. The van der Waals surface area contributed by atoms with Gasteiger partial charge in [-0.2, -0.15) is 8.42 Å². The van der Waals surface area contributed by atoms with Gasteiger partial charge in [0.1, 0.15) is 0 Å². The Morgan fingerprint density at radius 3 is 1.65 bits per heavy atom. The van der Waals surface area contributed by atoms with Crippen molar-refractivity contribution in [1.29, 1.82) is 0 Å². The van der Waals surface area contributed by atoms with Crippen LogP contribution in [0.4, 0.5) is 0 Å². The number of thiol groups is 1. The summed E-state index contributed by atoms with van der Waals surface area (Å²) in [4.78, 5) is -0.186. The molecule has 0 amide bonds. The van der Waals surface area contributed by atoms with Gasteiger partial charge < -0.3 is 0 Å². The zero-order valence-corrected chi connectivity index (χ0v) is 12.4. The van der Waals surface area contributed by atoms with E-state index in [0.717, 1.165) is 0 Å². The lowest BCUT2D eigenvalue weighted by atomic mass is 10.2. The van der Waals surface area contributed by atoms with E-state index in [1.54, 1.807) is 6.07 Å². The van der Waals surface area contributed by atoms with Crippen LogP contribution in [-0.2, 0) is 24.7 Å². The topological polar surface area (TPSA) is 77.5 Å². The second-order valence-corrected chi connectivity index (χ2v) is 6.14. The van der Waals surface area contributed by atoms with Gasteiger partial charge >= 0.3 is 10.1 Å². The number of benzene rings is 2. The van der Waals surface area contributed by atoms with E-state index in [1.165, 1.54) is 29.8 Å². The number of hydrogen-bond acceptors (Lipinski definition) is 5. The largest absolute Gasteiger partial charge is 0.311 e. The summed E-state index contributed by atoms with van der Waals surface area (Å²) in [6, 6.07) is 17.3. The van der Waals surface area contributed by atoms with Crippen LogP contribution in [0.1, 0.15) is 5.56 Å². The molecule has 0 saturated carbocycles. The molecule has 2 aromatic rings. The summed E-state index contributed by atoms with van der Waals surface area (Å²) in [5.74, 6) is 0. The van der Waals surface area contributed by atoms with Crippen molar-refractivity contribution in [2.45, 2.75) is 11.8 Å². The average Bonchev–Trinajstić information content (AvgIpc) is 2.40.